The molecule has 1 aromatic heterocycles. The molecule has 94 valence electrons. The molecule has 1 aliphatic carbocycles. The fourth-order valence-corrected chi connectivity index (χ4v) is 2.84. The van der Waals surface area contributed by atoms with Gasteiger partial charge in [0.2, 0.25) is 0 Å². The fraction of sp³-hybridized carbons (Fsp3) is 0.769. The summed E-state index contributed by atoms with van der Waals surface area (Å²) < 4.78 is 1.84. The molecular formula is C13H21N3O. The summed E-state index contributed by atoms with van der Waals surface area (Å²) in [7, 11) is 1.94. The van der Waals surface area contributed by atoms with Crippen LogP contribution in [0.4, 0.5) is 0 Å². The summed E-state index contributed by atoms with van der Waals surface area (Å²) in [5.74, 6) is 0.900. The molecule has 4 heteroatoms. The number of hydrogen-bond acceptors (Lipinski definition) is 3. The van der Waals surface area contributed by atoms with Crippen molar-refractivity contribution in [3.63, 3.8) is 0 Å². The van der Waals surface area contributed by atoms with Crippen LogP contribution in [-0.2, 0) is 13.5 Å². The number of hydrogen-bond donors (Lipinski definition) is 1. The van der Waals surface area contributed by atoms with Crippen LogP contribution in [-0.4, -0.2) is 45.0 Å². The van der Waals surface area contributed by atoms with E-state index in [1.807, 2.05) is 17.9 Å². The van der Waals surface area contributed by atoms with Gasteiger partial charge in [0.1, 0.15) is 0 Å². The van der Waals surface area contributed by atoms with Gasteiger partial charge in [-0.15, -0.1) is 0 Å². The smallest absolute Gasteiger partial charge is 0.0710 e. The number of aliphatic hydroxyl groups is 1. The minimum Gasteiger partial charge on any atom is -0.391 e. The molecule has 4 nitrogen and oxygen atoms in total. The average Bonchev–Trinajstić information content (AvgIpc) is 2.93. The molecule has 0 amide bonds. The quantitative estimate of drug-likeness (QED) is 0.839. The van der Waals surface area contributed by atoms with E-state index in [4.69, 9.17) is 0 Å². The zero-order valence-electron chi connectivity index (χ0n) is 10.4. The Morgan fingerprint density at radius 2 is 2.24 bits per heavy atom. The molecule has 0 spiro atoms. The molecule has 1 aromatic rings. The third kappa shape index (κ3) is 2.53. The van der Waals surface area contributed by atoms with Crippen molar-refractivity contribution in [3.8, 4) is 0 Å². The Labute approximate surface area is 102 Å². The molecule has 0 unspecified atom stereocenters. The van der Waals surface area contributed by atoms with Crippen molar-refractivity contribution >= 4 is 0 Å². The lowest BCUT2D eigenvalue weighted by Crippen LogP contribution is -2.38. The monoisotopic (exact) mass is 235 g/mol. The van der Waals surface area contributed by atoms with E-state index in [2.05, 4.69) is 16.2 Å². The van der Waals surface area contributed by atoms with Crippen LogP contribution in [0.5, 0.6) is 0 Å². The predicted molar refractivity (Wildman–Crippen MR) is 65.6 cm³/mol. The van der Waals surface area contributed by atoms with Gasteiger partial charge in [-0.2, -0.15) is 5.10 Å². The highest BCUT2D eigenvalue weighted by molar-refractivity contribution is 5.08. The summed E-state index contributed by atoms with van der Waals surface area (Å²) in [5, 5.41) is 14.3. The Hall–Kier alpha value is -0.870. The number of nitrogens with zero attached hydrogens (tertiary/aromatic N) is 3. The zero-order valence-corrected chi connectivity index (χ0v) is 10.4. The van der Waals surface area contributed by atoms with E-state index in [0.717, 1.165) is 25.3 Å². The normalized spacial score (nSPS) is 30.0. The van der Waals surface area contributed by atoms with Crippen LogP contribution in [0, 0.1) is 5.92 Å². The van der Waals surface area contributed by atoms with Gasteiger partial charge in [0.25, 0.3) is 0 Å². The van der Waals surface area contributed by atoms with E-state index < -0.39 is 0 Å². The second kappa shape index (κ2) is 4.42. The lowest BCUT2D eigenvalue weighted by atomic mass is 10.0. The maximum Gasteiger partial charge on any atom is 0.0710 e. The maximum absolute atomic E-state index is 10.1. The molecule has 0 bridgehead atoms. The lowest BCUT2D eigenvalue weighted by molar-refractivity contribution is 0.113. The summed E-state index contributed by atoms with van der Waals surface area (Å²) >= 11 is 0. The van der Waals surface area contributed by atoms with E-state index in [1.165, 1.54) is 24.9 Å². The molecule has 1 N–H and O–H groups in total. The predicted octanol–water partition coefficient (Wildman–Crippen LogP) is 0.808. The van der Waals surface area contributed by atoms with Crippen LogP contribution in [0.2, 0.25) is 0 Å². The van der Waals surface area contributed by atoms with Crippen LogP contribution in [0.15, 0.2) is 12.4 Å². The third-order valence-corrected chi connectivity index (χ3v) is 4.02. The molecular weight excluding hydrogens is 214 g/mol. The van der Waals surface area contributed by atoms with Gasteiger partial charge in [-0.3, -0.25) is 9.58 Å². The van der Waals surface area contributed by atoms with Gasteiger partial charge >= 0.3 is 0 Å². The van der Waals surface area contributed by atoms with Crippen molar-refractivity contribution in [3.05, 3.63) is 18.0 Å². The van der Waals surface area contributed by atoms with E-state index in [0.29, 0.717) is 6.04 Å². The second-order valence-corrected chi connectivity index (χ2v) is 5.59. The number of rotatable bonds is 4. The number of likely N-dealkylation sites (tertiary alicyclic amines) is 1. The Morgan fingerprint density at radius 3 is 2.88 bits per heavy atom. The van der Waals surface area contributed by atoms with Gasteiger partial charge in [0.15, 0.2) is 0 Å². The maximum atomic E-state index is 10.1. The lowest BCUT2D eigenvalue weighted by Gasteiger charge is -2.25. The van der Waals surface area contributed by atoms with Crippen molar-refractivity contribution in [1.29, 1.82) is 0 Å². The first-order valence-electron chi connectivity index (χ1n) is 6.62. The van der Waals surface area contributed by atoms with Crippen LogP contribution < -0.4 is 0 Å². The summed E-state index contributed by atoms with van der Waals surface area (Å²) in [6.45, 7) is 2.24. The van der Waals surface area contributed by atoms with Crippen molar-refractivity contribution in [1.82, 2.24) is 14.7 Å². The standard InChI is InChI=1S/C13H21N3O/c1-15-8-11(7-14-15)6-12-13(17)4-5-16(12)9-10-2-3-10/h7-8,10,12-13,17H,2-6,9H2,1H3/t12-,13+/m0/s1. The molecule has 2 aliphatic rings. The van der Waals surface area contributed by atoms with Crippen LogP contribution in [0.1, 0.15) is 24.8 Å². The Balaban J connectivity index is 1.65. The Bertz CT molecular complexity index is 386. The van der Waals surface area contributed by atoms with Crippen molar-refractivity contribution < 1.29 is 5.11 Å². The highest BCUT2D eigenvalue weighted by atomic mass is 16.3. The first-order chi connectivity index (χ1) is 8.22. The molecule has 2 heterocycles. The molecule has 17 heavy (non-hydrogen) atoms. The number of aromatic nitrogens is 2. The number of aliphatic hydroxyl groups excluding tert-OH is 1. The summed E-state index contributed by atoms with van der Waals surface area (Å²) in [5.41, 5.74) is 1.24. The van der Waals surface area contributed by atoms with Crippen molar-refractivity contribution in [2.24, 2.45) is 13.0 Å². The van der Waals surface area contributed by atoms with E-state index >= 15 is 0 Å². The van der Waals surface area contributed by atoms with Gasteiger partial charge in [0.05, 0.1) is 12.3 Å². The van der Waals surface area contributed by atoms with Crippen LogP contribution in [0.3, 0.4) is 0 Å². The highest BCUT2D eigenvalue weighted by Crippen LogP contribution is 2.33. The molecule has 0 aromatic carbocycles. The molecule has 1 aliphatic heterocycles. The van der Waals surface area contributed by atoms with Crippen molar-refractivity contribution in [2.45, 2.75) is 37.8 Å². The SMILES string of the molecule is Cn1cc(C[C@H]2[C@H](O)CCN2CC2CC2)cn1. The first kappa shape index (κ1) is 11.2. The zero-order chi connectivity index (χ0) is 11.8. The summed E-state index contributed by atoms with van der Waals surface area (Å²) in [4.78, 5) is 2.48. The van der Waals surface area contributed by atoms with Gasteiger partial charge in [0, 0.05) is 32.4 Å². The van der Waals surface area contributed by atoms with Crippen molar-refractivity contribution in [2.75, 3.05) is 13.1 Å². The fourth-order valence-electron chi connectivity index (χ4n) is 2.84. The molecule has 1 saturated carbocycles. The van der Waals surface area contributed by atoms with Gasteiger partial charge < -0.3 is 5.11 Å². The van der Waals surface area contributed by atoms with E-state index in [1.54, 1.807) is 0 Å². The van der Waals surface area contributed by atoms with Crippen LogP contribution in [0.25, 0.3) is 0 Å². The Morgan fingerprint density at radius 1 is 1.41 bits per heavy atom. The second-order valence-electron chi connectivity index (χ2n) is 5.59. The minimum atomic E-state index is -0.158. The molecule has 2 atom stereocenters. The Kier molecular flexibility index (Phi) is 2.92. The first-order valence-corrected chi connectivity index (χ1v) is 6.62. The summed E-state index contributed by atoms with van der Waals surface area (Å²) in [6.07, 6.45) is 8.44. The molecule has 1 saturated heterocycles. The molecule has 0 radical (unpaired) electrons. The third-order valence-electron chi connectivity index (χ3n) is 4.02. The molecule has 2 fully saturated rings. The largest absolute Gasteiger partial charge is 0.391 e. The topological polar surface area (TPSA) is 41.3 Å². The number of aryl methyl sites for hydroxylation is 1. The van der Waals surface area contributed by atoms with Gasteiger partial charge in [-0.1, -0.05) is 0 Å². The summed E-state index contributed by atoms with van der Waals surface area (Å²) in [6, 6.07) is 0.305. The average molecular weight is 235 g/mol. The van der Waals surface area contributed by atoms with Crippen LogP contribution >= 0.6 is 0 Å². The van der Waals surface area contributed by atoms with E-state index in [-0.39, 0.29) is 6.10 Å². The molecule has 3 rings (SSSR count). The van der Waals surface area contributed by atoms with Gasteiger partial charge in [-0.25, -0.2) is 0 Å². The minimum absolute atomic E-state index is 0.158. The highest BCUT2D eigenvalue weighted by Gasteiger charge is 2.36. The van der Waals surface area contributed by atoms with E-state index in [9.17, 15) is 5.11 Å². The van der Waals surface area contributed by atoms with Gasteiger partial charge in [-0.05, 0) is 37.2 Å².